The van der Waals surface area contributed by atoms with Gasteiger partial charge < -0.3 is 15.9 Å². The molecule has 102 valence electrons. The fourth-order valence-corrected chi connectivity index (χ4v) is 3.11. The van der Waals surface area contributed by atoms with E-state index in [-0.39, 0.29) is 29.5 Å². The third-order valence-corrected chi connectivity index (χ3v) is 4.35. The molecule has 0 amide bonds. The van der Waals surface area contributed by atoms with Crippen molar-refractivity contribution in [1.29, 1.82) is 0 Å². The first-order chi connectivity index (χ1) is 8.43. The van der Waals surface area contributed by atoms with Crippen LogP contribution in [0.3, 0.4) is 0 Å². The molecule has 0 radical (unpaired) electrons. The highest BCUT2D eigenvalue weighted by Gasteiger charge is 2.23. The van der Waals surface area contributed by atoms with Gasteiger partial charge in [-0.25, -0.2) is 8.42 Å². The molecular weight excluding hydrogens is 256 g/mol. The molecule has 0 aromatic heterocycles. The summed E-state index contributed by atoms with van der Waals surface area (Å²) in [6, 6.07) is 3.75. The summed E-state index contributed by atoms with van der Waals surface area (Å²) < 4.78 is 25.7. The Labute approximate surface area is 107 Å². The van der Waals surface area contributed by atoms with E-state index in [2.05, 4.69) is 0 Å². The van der Waals surface area contributed by atoms with Crippen molar-refractivity contribution in [3.63, 3.8) is 0 Å². The van der Waals surface area contributed by atoms with Crippen LogP contribution in [-0.4, -0.2) is 42.6 Å². The van der Waals surface area contributed by atoms with E-state index in [1.54, 1.807) is 0 Å². The maximum atomic E-state index is 12.3. The van der Waals surface area contributed by atoms with Gasteiger partial charge in [0.25, 0.3) is 0 Å². The van der Waals surface area contributed by atoms with Crippen molar-refractivity contribution in [2.75, 3.05) is 25.4 Å². The van der Waals surface area contributed by atoms with Crippen LogP contribution in [-0.2, 0) is 10.0 Å². The highest BCUT2D eigenvalue weighted by atomic mass is 32.2. The molecule has 0 saturated heterocycles. The monoisotopic (exact) mass is 274 g/mol. The average molecular weight is 274 g/mol. The first-order valence-corrected chi connectivity index (χ1v) is 7.07. The van der Waals surface area contributed by atoms with Crippen LogP contribution in [0.2, 0.25) is 0 Å². The van der Waals surface area contributed by atoms with Gasteiger partial charge in [-0.2, -0.15) is 4.31 Å². The summed E-state index contributed by atoms with van der Waals surface area (Å²) in [5.41, 5.74) is 5.49. The number of sulfonamides is 1. The number of nitrogens with zero attached hydrogens (tertiary/aromatic N) is 1. The number of rotatable bonds is 6. The molecule has 0 fully saturated rings. The highest BCUT2D eigenvalue weighted by Crippen LogP contribution is 2.25. The maximum absolute atomic E-state index is 12.3. The van der Waals surface area contributed by atoms with E-state index in [9.17, 15) is 13.5 Å². The van der Waals surface area contributed by atoms with Gasteiger partial charge in [0.05, 0.1) is 17.2 Å². The summed E-state index contributed by atoms with van der Waals surface area (Å²) in [4.78, 5) is 0.0136. The van der Waals surface area contributed by atoms with Gasteiger partial charge in [-0.1, -0.05) is 6.92 Å². The molecule has 1 aromatic rings. The Morgan fingerprint density at radius 2 is 2.00 bits per heavy atom. The lowest BCUT2D eigenvalue weighted by Crippen LogP contribution is -2.34. The van der Waals surface area contributed by atoms with Crippen molar-refractivity contribution in [1.82, 2.24) is 4.31 Å². The fourth-order valence-electron chi connectivity index (χ4n) is 1.56. The van der Waals surface area contributed by atoms with Crippen molar-refractivity contribution in [2.45, 2.75) is 18.2 Å². The van der Waals surface area contributed by atoms with Gasteiger partial charge >= 0.3 is 0 Å². The van der Waals surface area contributed by atoms with E-state index in [0.717, 1.165) is 0 Å². The highest BCUT2D eigenvalue weighted by molar-refractivity contribution is 7.89. The van der Waals surface area contributed by atoms with Crippen LogP contribution in [0.4, 0.5) is 5.69 Å². The van der Waals surface area contributed by atoms with Gasteiger partial charge in [-0.05, 0) is 24.6 Å². The second-order valence-corrected chi connectivity index (χ2v) is 5.79. The minimum absolute atomic E-state index is 0.0107. The van der Waals surface area contributed by atoms with Crippen LogP contribution in [0.5, 0.6) is 5.75 Å². The molecule has 0 aliphatic rings. The Bertz CT molecular complexity index is 496. The van der Waals surface area contributed by atoms with Crippen molar-refractivity contribution in [3.8, 4) is 5.75 Å². The van der Waals surface area contributed by atoms with Gasteiger partial charge in [-0.15, -0.1) is 0 Å². The van der Waals surface area contributed by atoms with E-state index in [4.69, 9.17) is 10.8 Å². The number of aliphatic hydroxyl groups excluding tert-OH is 1. The predicted octanol–water partition coefficient (Wildman–Crippen LogP) is 0.367. The van der Waals surface area contributed by atoms with E-state index < -0.39 is 10.0 Å². The van der Waals surface area contributed by atoms with Gasteiger partial charge in [0.15, 0.2) is 0 Å². The van der Waals surface area contributed by atoms with Crippen molar-refractivity contribution in [2.24, 2.45) is 0 Å². The Balaban J connectivity index is 3.13. The van der Waals surface area contributed by atoms with Crippen LogP contribution in [0.25, 0.3) is 0 Å². The molecule has 0 bridgehead atoms. The third-order valence-electron chi connectivity index (χ3n) is 2.46. The number of nitrogen functional groups attached to an aromatic ring is 1. The predicted molar refractivity (Wildman–Crippen MR) is 68.7 cm³/mol. The molecule has 0 heterocycles. The van der Waals surface area contributed by atoms with Crippen molar-refractivity contribution in [3.05, 3.63) is 18.2 Å². The minimum Gasteiger partial charge on any atom is -0.506 e. The number of hydrogen-bond acceptors (Lipinski definition) is 5. The quantitative estimate of drug-likeness (QED) is 0.513. The number of anilines is 1. The number of benzene rings is 1. The largest absolute Gasteiger partial charge is 0.506 e. The van der Waals surface area contributed by atoms with E-state index in [1.807, 2.05) is 6.92 Å². The summed E-state index contributed by atoms with van der Waals surface area (Å²) in [5.74, 6) is -0.154. The van der Waals surface area contributed by atoms with Gasteiger partial charge in [0.2, 0.25) is 10.0 Å². The first-order valence-electron chi connectivity index (χ1n) is 5.63. The van der Waals surface area contributed by atoms with Crippen molar-refractivity contribution >= 4 is 15.7 Å². The SMILES string of the molecule is CCCN(CCO)S(=O)(=O)c1ccc(O)c(N)c1. The molecule has 0 aliphatic carbocycles. The number of nitrogens with two attached hydrogens (primary N) is 1. The van der Waals surface area contributed by atoms with Gasteiger partial charge in [0, 0.05) is 13.1 Å². The summed E-state index contributed by atoms with van der Waals surface area (Å²) in [7, 11) is -3.68. The number of hydrogen-bond donors (Lipinski definition) is 3. The standard InChI is InChI=1S/C11H18N2O4S/c1-2-5-13(6-7-14)18(16,17)9-3-4-11(15)10(12)8-9/h3-4,8,14-15H,2,5-7,12H2,1H3. The Morgan fingerprint density at radius 1 is 1.33 bits per heavy atom. The topological polar surface area (TPSA) is 104 Å². The van der Waals surface area contributed by atoms with Crippen molar-refractivity contribution < 1.29 is 18.6 Å². The van der Waals surface area contributed by atoms with E-state index in [1.165, 1.54) is 22.5 Å². The summed E-state index contributed by atoms with van der Waals surface area (Å²) in [6.07, 6.45) is 0.646. The number of aliphatic hydroxyl groups is 1. The number of phenols is 1. The normalized spacial score (nSPS) is 11.9. The minimum atomic E-state index is -3.68. The maximum Gasteiger partial charge on any atom is 0.243 e. The molecule has 0 aliphatic heterocycles. The fraction of sp³-hybridized carbons (Fsp3) is 0.455. The molecular formula is C11H18N2O4S. The smallest absolute Gasteiger partial charge is 0.243 e. The summed E-state index contributed by atoms with van der Waals surface area (Å²) >= 11 is 0. The molecule has 1 rings (SSSR count). The van der Waals surface area contributed by atoms with Crippen LogP contribution in [0.1, 0.15) is 13.3 Å². The third kappa shape index (κ3) is 3.12. The van der Waals surface area contributed by atoms with Crippen LogP contribution >= 0.6 is 0 Å². The molecule has 1 aromatic carbocycles. The molecule has 0 spiro atoms. The molecule has 0 atom stereocenters. The van der Waals surface area contributed by atoms with Crippen LogP contribution < -0.4 is 5.73 Å². The zero-order valence-electron chi connectivity index (χ0n) is 10.2. The first kappa shape index (κ1) is 14.7. The lowest BCUT2D eigenvalue weighted by Gasteiger charge is -2.20. The van der Waals surface area contributed by atoms with Gasteiger partial charge in [0.1, 0.15) is 5.75 Å². The lowest BCUT2D eigenvalue weighted by molar-refractivity contribution is 0.253. The Morgan fingerprint density at radius 3 is 2.50 bits per heavy atom. The van der Waals surface area contributed by atoms with E-state index >= 15 is 0 Å². The summed E-state index contributed by atoms with van der Waals surface area (Å²) in [5, 5.41) is 18.2. The zero-order chi connectivity index (χ0) is 13.8. The van der Waals surface area contributed by atoms with E-state index in [0.29, 0.717) is 13.0 Å². The van der Waals surface area contributed by atoms with Crippen LogP contribution in [0, 0.1) is 0 Å². The molecule has 4 N–H and O–H groups in total. The molecule has 0 unspecified atom stereocenters. The van der Waals surface area contributed by atoms with Gasteiger partial charge in [-0.3, -0.25) is 0 Å². The zero-order valence-corrected chi connectivity index (χ0v) is 11.0. The Hall–Kier alpha value is -1.31. The van der Waals surface area contributed by atoms with Crippen LogP contribution in [0.15, 0.2) is 23.1 Å². The molecule has 7 heteroatoms. The second-order valence-electron chi connectivity index (χ2n) is 3.85. The molecule has 6 nitrogen and oxygen atoms in total. The summed E-state index contributed by atoms with van der Waals surface area (Å²) in [6.45, 7) is 1.97. The molecule has 0 saturated carbocycles. The number of phenolic OH excluding ortho intramolecular Hbond substituents is 1. The average Bonchev–Trinajstić information content (AvgIpc) is 2.32. The number of aromatic hydroxyl groups is 1. The molecule has 18 heavy (non-hydrogen) atoms. The lowest BCUT2D eigenvalue weighted by atomic mass is 10.3. The second kappa shape index (κ2) is 6.03. The Kier molecular flexibility index (Phi) is 4.94.